The Labute approximate surface area is 131 Å². The molecule has 1 aromatic rings. The van der Waals surface area contributed by atoms with E-state index in [1.807, 2.05) is 0 Å². The first-order valence-electron chi connectivity index (χ1n) is 6.80. The van der Waals surface area contributed by atoms with Gasteiger partial charge in [0, 0.05) is 31.6 Å². The molecule has 0 aliphatic carbocycles. The molecule has 118 valence electrons. The zero-order valence-electron chi connectivity index (χ0n) is 12.4. The number of hydrogen-bond donors (Lipinski definition) is 0. The van der Waals surface area contributed by atoms with E-state index in [0.29, 0.717) is 23.5 Å². The third-order valence-electron chi connectivity index (χ3n) is 3.46. The number of methoxy groups -OCH3 is 2. The number of carbonyl (C=O) groups is 1. The van der Waals surface area contributed by atoms with E-state index >= 15 is 0 Å². The molecular formula is C15H21ClNO4-. The fourth-order valence-corrected chi connectivity index (χ4v) is 2.24. The Morgan fingerprint density at radius 1 is 1.19 bits per heavy atom. The standard InChI is InChI=1S/C15H21NO4.ClH/c1-18-14-4-3-12(11-15(14)19-2)13(17)5-6-16-7-9-20-10-8-16;/h3-4,11H,5-10H2,1-2H3;1H/p-1. The number of benzene rings is 1. The molecule has 1 heterocycles. The summed E-state index contributed by atoms with van der Waals surface area (Å²) in [6.45, 7) is 4.09. The minimum absolute atomic E-state index is 0. The van der Waals surface area contributed by atoms with Crippen molar-refractivity contribution in [1.29, 1.82) is 0 Å². The monoisotopic (exact) mass is 314 g/mol. The third-order valence-corrected chi connectivity index (χ3v) is 3.46. The molecule has 0 N–H and O–H groups in total. The quantitative estimate of drug-likeness (QED) is 0.605. The Morgan fingerprint density at radius 3 is 2.48 bits per heavy atom. The molecular weight excluding hydrogens is 294 g/mol. The average Bonchev–Trinajstić information content (AvgIpc) is 2.52. The summed E-state index contributed by atoms with van der Waals surface area (Å²) in [5.41, 5.74) is 0.663. The maximum absolute atomic E-state index is 12.2. The summed E-state index contributed by atoms with van der Waals surface area (Å²) in [4.78, 5) is 14.5. The molecule has 1 aliphatic rings. The maximum atomic E-state index is 12.2. The SMILES string of the molecule is COc1ccc(C(=O)CCN2CCOCC2)cc1OC.[Cl-]. The van der Waals surface area contributed by atoms with Crippen LogP contribution in [0.2, 0.25) is 0 Å². The predicted molar refractivity (Wildman–Crippen MR) is 75.8 cm³/mol. The minimum Gasteiger partial charge on any atom is -1.00 e. The molecule has 21 heavy (non-hydrogen) atoms. The van der Waals surface area contributed by atoms with Gasteiger partial charge < -0.3 is 26.6 Å². The molecule has 1 saturated heterocycles. The van der Waals surface area contributed by atoms with Gasteiger partial charge in [0.15, 0.2) is 17.3 Å². The molecule has 0 aromatic heterocycles. The average molecular weight is 315 g/mol. The van der Waals surface area contributed by atoms with E-state index in [2.05, 4.69) is 4.90 Å². The molecule has 2 rings (SSSR count). The van der Waals surface area contributed by atoms with Crippen LogP contribution in [-0.4, -0.2) is 57.8 Å². The number of ketones is 1. The van der Waals surface area contributed by atoms with Crippen LogP contribution in [0.5, 0.6) is 11.5 Å². The number of rotatable bonds is 6. The first kappa shape index (κ1) is 17.8. The van der Waals surface area contributed by atoms with E-state index in [4.69, 9.17) is 14.2 Å². The highest BCUT2D eigenvalue weighted by molar-refractivity contribution is 5.96. The summed E-state index contributed by atoms with van der Waals surface area (Å²) < 4.78 is 15.7. The topological polar surface area (TPSA) is 48.0 Å². The molecule has 1 aliphatic heterocycles. The van der Waals surface area contributed by atoms with Crippen molar-refractivity contribution in [2.24, 2.45) is 0 Å². The summed E-state index contributed by atoms with van der Waals surface area (Å²) in [5, 5.41) is 0. The number of Topliss-reactive ketones (excluding diaryl/α,β-unsaturated/α-hetero) is 1. The highest BCUT2D eigenvalue weighted by Crippen LogP contribution is 2.27. The molecule has 0 amide bonds. The lowest BCUT2D eigenvalue weighted by Gasteiger charge is -2.26. The lowest BCUT2D eigenvalue weighted by molar-refractivity contribution is -0.0000132. The van der Waals surface area contributed by atoms with E-state index in [1.165, 1.54) is 0 Å². The second-order valence-electron chi connectivity index (χ2n) is 4.70. The highest BCUT2D eigenvalue weighted by Gasteiger charge is 2.14. The van der Waals surface area contributed by atoms with Crippen molar-refractivity contribution in [2.45, 2.75) is 6.42 Å². The second kappa shape index (κ2) is 8.87. The lowest BCUT2D eigenvalue weighted by Crippen LogP contribution is -3.00. The van der Waals surface area contributed by atoms with Crippen molar-refractivity contribution >= 4 is 5.78 Å². The predicted octanol–water partition coefficient (Wildman–Crippen LogP) is -1.39. The van der Waals surface area contributed by atoms with Crippen molar-refractivity contribution < 1.29 is 31.4 Å². The van der Waals surface area contributed by atoms with Gasteiger partial charge in [-0.05, 0) is 18.2 Å². The van der Waals surface area contributed by atoms with Gasteiger partial charge in [0.2, 0.25) is 0 Å². The fraction of sp³-hybridized carbons (Fsp3) is 0.533. The van der Waals surface area contributed by atoms with Crippen LogP contribution in [0.3, 0.4) is 0 Å². The zero-order chi connectivity index (χ0) is 14.4. The van der Waals surface area contributed by atoms with E-state index in [0.717, 1.165) is 32.8 Å². The molecule has 5 nitrogen and oxygen atoms in total. The lowest BCUT2D eigenvalue weighted by atomic mass is 10.1. The number of carbonyl (C=O) groups excluding carboxylic acids is 1. The molecule has 0 bridgehead atoms. The van der Waals surface area contributed by atoms with E-state index in [9.17, 15) is 4.79 Å². The van der Waals surface area contributed by atoms with Gasteiger partial charge in [-0.15, -0.1) is 0 Å². The van der Waals surface area contributed by atoms with E-state index in [1.54, 1.807) is 32.4 Å². The summed E-state index contributed by atoms with van der Waals surface area (Å²) in [6.07, 6.45) is 0.509. The Kier molecular flexibility index (Phi) is 7.50. The molecule has 0 radical (unpaired) electrons. The molecule has 0 atom stereocenters. The summed E-state index contributed by atoms with van der Waals surface area (Å²) in [7, 11) is 3.15. The van der Waals surface area contributed by atoms with Gasteiger partial charge in [0.05, 0.1) is 27.4 Å². The van der Waals surface area contributed by atoms with Crippen molar-refractivity contribution in [3.8, 4) is 11.5 Å². The van der Waals surface area contributed by atoms with Crippen LogP contribution < -0.4 is 21.9 Å². The minimum atomic E-state index is 0. The number of morpholine rings is 1. The van der Waals surface area contributed by atoms with Gasteiger partial charge in [0.25, 0.3) is 0 Å². The summed E-state index contributed by atoms with van der Waals surface area (Å²) in [6, 6.07) is 5.28. The van der Waals surface area contributed by atoms with Crippen LogP contribution in [-0.2, 0) is 4.74 Å². The van der Waals surface area contributed by atoms with Crippen LogP contribution >= 0.6 is 0 Å². The molecule has 0 saturated carbocycles. The van der Waals surface area contributed by atoms with Crippen molar-refractivity contribution in [2.75, 3.05) is 47.1 Å². The fourth-order valence-electron chi connectivity index (χ4n) is 2.24. The summed E-state index contributed by atoms with van der Waals surface area (Å²) >= 11 is 0. The molecule has 0 unspecified atom stereocenters. The number of halogens is 1. The van der Waals surface area contributed by atoms with Crippen molar-refractivity contribution in [1.82, 2.24) is 4.90 Å². The smallest absolute Gasteiger partial charge is 0.164 e. The first-order chi connectivity index (χ1) is 9.74. The number of ether oxygens (including phenoxy) is 3. The van der Waals surface area contributed by atoms with E-state index in [-0.39, 0.29) is 18.2 Å². The van der Waals surface area contributed by atoms with Gasteiger partial charge in [0.1, 0.15) is 0 Å². The zero-order valence-corrected chi connectivity index (χ0v) is 13.2. The molecule has 0 spiro atoms. The van der Waals surface area contributed by atoms with Crippen LogP contribution in [0.1, 0.15) is 16.8 Å². The summed E-state index contributed by atoms with van der Waals surface area (Å²) in [5.74, 6) is 1.35. The third kappa shape index (κ3) is 4.88. The van der Waals surface area contributed by atoms with Crippen LogP contribution in [0.4, 0.5) is 0 Å². The van der Waals surface area contributed by atoms with Crippen LogP contribution in [0.25, 0.3) is 0 Å². The Bertz CT molecular complexity index is 461. The molecule has 6 heteroatoms. The Balaban J connectivity index is 0.00000220. The number of nitrogens with zero attached hydrogens (tertiary/aromatic N) is 1. The van der Waals surface area contributed by atoms with Gasteiger partial charge in [-0.3, -0.25) is 9.69 Å². The van der Waals surface area contributed by atoms with Gasteiger partial charge in [-0.1, -0.05) is 0 Å². The Hall–Kier alpha value is -1.30. The van der Waals surface area contributed by atoms with Gasteiger partial charge in [-0.2, -0.15) is 0 Å². The molecule has 1 aromatic carbocycles. The van der Waals surface area contributed by atoms with Gasteiger partial charge >= 0.3 is 0 Å². The number of hydrogen-bond acceptors (Lipinski definition) is 5. The van der Waals surface area contributed by atoms with Crippen LogP contribution in [0, 0.1) is 0 Å². The first-order valence-corrected chi connectivity index (χ1v) is 6.80. The second-order valence-corrected chi connectivity index (χ2v) is 4.70. The largest absolute Gasteiger partial charge is 1.00 e. The maximum Gasteiger partial charge on any atom is 0.164 e. The Morgan fingerprint density at radius 2 is 1.86 bits per heavy atom. The highest BCUT2D eigenvalue weighted by atomic mass is 35.5. The van der Waals surface area contributed by atoms with Crippen LogP contribution in [0.15, 0.2) is 18.2 Å². The normalized spacial score (nSPS) is 15.1. The van der Waals surface area contributed by atoms with Gasteiger partial charge in [-0.25, -0.2) is 0 Å². The molecule has 1 fully saturated rings. The van der Waals surface area contributed by atoms with Crippen molar-refractivity contribution in [3.05, 3.63) is 23.8 Å². The van der Waals surface area contributed by atoms with E-state index < -0.39 is 0 Å². The van der Waals surface area contributed by atoms with Crippen molar-refractivity contribution in [3.63, 3.8) is 0 Å².